The molecular formula is C14H22N2. The molecule has 1 atom stereocenters. The smallest absolute Gasteiger partial charge is 0.0576 e. The molecule has 0 bridgehead atoms. The quantitative estimate of drug-likeness (QED) is 0.840. The van der Waals surface area contributed by atoms with Gasteiger partial charge in [-0.25, -0.2) is 0 Å². The Bertz CT molecular complexity index is 347. The van der Waals surface area contributed by atoms with Gasteiger partial charge in [0.25, 0.3) is 0 Å². The van der Waals surface area contributed by atoms with Gasteiger partial charge in [-0.05, 0) is 56.2 Å². The average Bonchev–Trinajstić information content (AvgIpc) is 2.35. The number of rotatable bonds is 4. The van der Waals surface area contributed by atoms with Crippen LogP contribution >= 0.6 is 0 Å². The van der Waals surface area contributed by atoms with Crippen LogP contribution in [0, 0.1) is 0 Å². The van der Waals surface area contributed by atoms with Crippen molar-refractivity contribution in [1.82, 2.24) is 10.3 Å². The molecule has 1 aromatic heterocycles. The van der Waals surface area contributed by atoms with Crippen LogP contribution in [-0.4, -0.2) is 11.0 Å². The minimum absolute atomic E-state index is 0.584. The lowest BCUT2D eigenvalue weighted by Crippen LogP contribution is -2.26. The van der Waals surface area contributed by atoms with E-state index in [2.05, 4.69) is 30.2 Å². The maximum Gasteiger partial charge on any atom is 0.0576 e. The van der Waals surface area contributed by atoms with Gasteiger partial charge in [0.1, 0.15) is 0 Å². The van der Waals surface area contributed by atoms with E-state index < -0.39 is 0 Å². The van der Waals surface area contributed by atoms with Crippen molar-refractivity contribution in [2.75, 3.05) is 0 Å². The van der Waals surface area contributed by atoms with E-state index in [9.17, 15) is 0 Å². The number of hydrogen-bond donors (Lipinski definition) is 1. The monoisotopic (exact) mass is 218 g/mol. The molecule has 0 amide bonds. The van der Waals surface area contributed by atoms with Crippen LogP contribution in [0.1, 0.15) is 49.9 Å². The normalized spacial score (nSPS) is 16.9. The van der Waals surface area contributed by atoms with Gasteiger partial charge in [0, 0.05) is 18.8 Å². The van der Waals surface area contributed by atoms with E-state index in [1.54, 1.807) is 0 Å². The summed E-state index contributed by atoms with van der Waals surface area (Å²) >= 11 is 0. The third-order valence-corrected chi connectivity index (χ3v) is 3.60. The van der Waals surface area contributed by atoms with Gasteiger partial charge in [-0.3, -0.25) is 4.98 Å². The third kappa shape index (κ3) is 2.62. The first kappa shape index (κ1) is 11.6. The maximum atomic E-state index is 4.54. The van der Waals surface area contributed by atoms with E-state index in [0.29, 0.717) is 6.04 Å². The summed E-state index contributed by atoms with van der Waals surface area (Å²) in [5.74, 6) is 0. The Hall–Kier alpha value is -0.890. The molecule has 2 nitrogen and oxygen atoms in total. The largest absolute Gasteiger partial charge is 0.309 e. The molecule has 0 aromatic carbocycles. The molecule has 0 spiro atoms. The Morgan fingerprint density at radius 1 is 1.38 bits per heavy atom. The Kier molecular flexibility index (Phi) is 3.94. The highest BCUT2D eigenvalue weighted by molar-refractivity contribution is 5.32. The van der Waals surface area contributed by atoms with Gasteiger partial charge in [0.2, 0.25) is 0 Å². The van der Waals surface area contributed by atoms with Crippen molar-refractivity contribution in [3.05, 3.63) is 29.1 Å². The Morgan fingerprint density at radius 2 is 2.19 bits per heavy atom. The van der Waals surface area contributed by atoms with E-state index >= 15 is 0 Å². The molecule has 1 aromatic rings. The Morgan fingerprint density at radius 3 is 3.00 bits per heavy atom. The van der Waals surface area contributed by atoms with Crippen molar-refractivity contribution in [2.24, 2.45) is 0 Å². The molecule has 1 N–H and O–H groups in total. The number of fused-ring (bicyclic) bond motifs is 1. The highest BCUT2D eigenvalue weighted by atomic mass is 14.9. The van der Waals surface area contributed by atoms with Crippen LogP contribution in [0.3, 0.4) is 0 Å². The van der Waals surface area contributed by atoms with Gasteiger partial charge in [-0.15, -0.1) is 0 Å². The molecule has 2 rings (SSSR count). The summed E-state index contributed by atoms with van der Waals surface area (Å²) in [6.07, 6.45) is 8.28. The van der Waals surface area contributed by atoms with Gasteiger partial charge >= 0.3 is 0 Å². The summed E-state index contributed by atoms with van der Waals surface area (Å²) in [6.45, 7) is 5.37. The number of nitrogens with zero attached hydrogens (tertiary/aromatic N) is 1. The molecule has 1 unspecified atom stereocenters. The summed E-state index contributed by atoms with van der Waals surface area (Å²) in [6, 6.07) is 2.78. The van der Waals surface area contributed by atoms with Crippen LogP contribution in [0.25, 0.3) is 0 Å². The standard InChI is InChI=1S/C14H22N2/c1-3-11(2)16-10-14-13-7-5-4-6-12(13)8-9-15-14/h8-9,11,16H,3-7,10H2,1-2H3. The van der Waals surface area contributed by atoms with E-state index in [1.807, 2.05) is 6.20 Å². The fourth-order valence-corrected chi connectivity index (χ4v) is 2.30. The molecule has 16 heavy (non-hydrogen) atoms. The average molecular weight is 218 g/mol. The summed E-state index contributed by atoms with van der Waals surface area (Å²) in [7, 11) is 0. The minimum Gasteiger partial charge on any atom is -0.309 e. The van der Waals surface area contributed by atoms with Crippen molar-refractivity contribution in [3.8, 4) is 0 Å². The molecule has 88 valence electrons. The van der Waals surface area contributed by atoms with Crippen LogP contribution in [0.2, 0.25) is 0 Å². The topological polar surface area (TPSA) is 24.9 Å². The van der Waals surface area contributed by atoms with E-state index in [0.717, 1.165) is 6.54 Å². The van der Waals surface area contributed by atoms with Gasteiger partial charge in [0.05, 0.1) is 5.69 Å². The zero-order valence-corrected chi connectivity index (χ0v) is 10.4. The molecule has 1 heterocycles. The second kappa shape index (κ2) is 5.44. The van der Waals surface area contributed by atoms with Gasteiger partial charge < -0.3 is 5.32 Å². The molecule has 0 radical (unpaired) electrons. The van der Waals surface area contributed by atoms with Crippen molar-refractivity contribution in [2.45, 2.75) is 58.5 Å². The third-order valence-electron chi connectivity index (χ3n) is 3.60. The number of aryl methyl sites for hydroxylation is 1. The maximum absolute atomic E-state index is 4.54. The molecule has 1 aliphatic carbocycles. The lowest BCUT2D eigenvalue weighted by Gasteiger charge is -2.19. The molecule has 0 saturated carbocycles. The second-order valence-electron chi connectivity index (χ2n) is 4.79. The van der Waals surface area contributed by atoms with Crippen LogP contribution < -0.4 is 5.32 Å². The van der Waals surface area contributed by atoms with E-state index in [1.165, 1.54) is 48.9 Å². The SMILES string of the molecule is CCC(C)NCc1nccc2c1CCCC2. The van der Waals surface area contributed by atoms with Crippen LogP contribution in [0.15, 0.2) is 12.3 Å². The van der Waals surface area contributed by atoms with Crippen molar-refractivity contribution in [3.63, 3.8) is 0 Å². The van der Waals surface area contributed by atoms with E-state index in [4.69, 9.17) is 0 Å². The molecule has 0 aliphatic heterocycles. The minimum atomic E-state index is 0.584. The zero-order chi connectivity index (χ0) is 11.4. The highest BCUT2D eigenvalue weighted by Gasteiger charge is 2.13. The highest BCUT2D eigenvalue weighted by Crippen LogP contribution is 2.22. The fourth-order valence-electron chi connectivity index (χ4n) is 2.30. The summed E-state index contributed by atoms with van der Waals surface area (Å²) in [4.78, 5) is 4.54. The molecular weight excluding hydrogens is 196 g/mol. The lowest BCUT2D eigenvalue weighted by atomic mass is 9.91. The predicted octanol–water partition coefficient (Wildman–Crippen LogP) is 2.85. The van der Waals surface area contributed by atoms with E-state index in [-0.39, 0.29) is 0 Å². The van der Waals surface area contributed by atoms with Crippen molar-refractivity contribution >= 4 is 0 Å². The Labute approximate surface area is 98.5 Å². The Balaban J connectivity index is 2.08. The summed E-state index contributed by atoms with van der Waals surface area (Å²) in [5.41, 5.74) is 4.32. The number of pyridine rings is 1. The first-order valence-corrected chi connectivity index (χ1v) is 6.50. The zero-order valence-electron chi connectivity index (χ0n) is 10.4. The number of nitrogens with one attached hydrogen (secondary N) is 1. The van der Waals surface area contributed by atoms with Crippen LogP contribution in [0.5, 0.6) is 0 Å². The van der Waals surface area contributed by atoms with Crippen LogP contribution in [-0.2, 0) is 19.4 Å². The molecule has 2 heteroatoms. The number of hydrogen-bond acceptors (Lipinski definition) is 2. The van der Waals surface area contributed by atoms with Gasteiger partial charge in [0.15, 0.2) is 0 Å². The predicted molar refractivity (Wildman–Crippen MR) is 67.5 cm³/mol. The van der Waals surface area contributed by atoms with Gasteiger partial charge in [-0.2, -0.15) is 0 Å². The summed E-state index contributed by atoms with van der Waals surface area (Å²) in [5, 5.41) is 3.54. The first-order chi connectivity index (χ1) is 7.81. The molecule has 0 fully saturated rings. The number of aromatic nitrogens is 1. The van der Waals surface area contributed by atoms with Crippen molar-refractivity contribution < 1.29 is 0 Å². The second-order valence-corrected chi connectivity index (χ2v) is 4.79. The lowest BCUT2D eigenvalue weighted by molar-refractivity contribution is 0.524. The summed E-state index contributed by atoms with van der Waals surface area (Å²) < 4.78 is 0. The van der Waals surface area contributed by atoms with Crippen LogP contribution in [0.4, 0.5) is 0 Å². The van der Waals surface area contributed by atoms with Crippen molar-refractivity contribution in [1.29, 1.82) is 0 Å². The molecule has 1 aliphatic rings. The molecule has 0 saturated heterocycles. The first-order valence-electron chi connectivity index (χ1n) is 6.50. The van der Waals surface area contributed by atoms with Gasteiger partial charge in [-0.1, -0.05) is 6.92 Å². The fraction of sp³-hybridized carbons (Fsp3) is 0.643.